The molecule has 0 aliphatic rings. The largest absolute Gasteiger partial charge is 0.452 e. The SMILES string of the molecule is O=C(COC(=O)c1ccccc1C(=O)c1ccccc1)NCCc1ccc(F)cc1. The summed E-state index contributed by atoms with van der Waals surface area (Å²) in [6.45, 7) is -0.138. The number of benzene rings is 3. The molecule has 3 aromatic carbocycles. The number of esters is 1. The van der Waals surface area contributed by atoms with Crippen LogP contribution < -0.4 is 5.32 Å². The quantitative estimate of drug-likeness (QED) is 0.459. The second kappa shape index (κ2) is 10.1. The van der Waals surface area contributed by atoms with Crippen LogP contribution in [0.25, 0.3) is 0 Å². The van der Waals surface area contributed by atoms with Gasteiger partial charge in [0.25, 0.3) is 5.91 Å². The molecule has 5 nitrogen and oxygen atoms in total. The van der Waals surface area contributed by atoms with E-state index in [1.165, 1.54) is 18.2 Å². The summed E-state index contributed by atoms with van der Waals surface area (Å²) in [6.07, 6.45) is 0.522. The predicted octanol–water partition coefficient (Wildman–Crippen LogP) is 3.57. The van der Waals surface area contributed by atoms with Crippen molar-refractivity contribution >= 4 is 17.7 Å². The van der Waals surface area contributed by atoms with Gasteiger partial charge in [0, 0.05) is 17.7 Å². The molecule has 0 heterocycles. The Hall–Kier alpha value is -3.80. The van der Waals surface area contributed by atoms with Crippen LogP contribution in [-0.4, -0.2) is 30.8 Å². The number of nitrogens with one attached hydrogen (secondary N) is 1. The van der Waals surface area contributed by atoms with E-state index < -0.39 is 18.5 Å². The average Bonchev–Trinajstić information content (AvgIpc) is 2.79. The molecule has 3 aromatic rings. The van der Waals surface area contributed by atoms with E-state index in [9.17, 15) is 18.8 Å². The van der Waals surface area contributed by atoms with E-state index in [1.54, 1.807) is 60.7 Å². The monoisotopic (exact) mass is 405 g/mol. The maximum atomic E-state index is 12.9. The summed E-state index contributed by atoms with van der Waals surface area (Å²) in [5.41, 5.74) is 1.65. The highest BCUT2D eigenvalue weighted by atomic mass is 19.1. The number of hydrogen-bond donors (Lipinski definition) is 1. The van der Waals surface area contributed by atoms with E-state index in [1.807, 2.05) is 0 Å². The lowest BCUT2D eigenvalue weighted by Gasteiger charge is -2.10. The number of rotatable bonds is 8. The van der Waals surface area contributed by atoms with Gasteiger partial charge in [0.2, 0.25) is 0 Å². The number of amides is 1. The minimum absolute atomic E-state index is 0.102. The zero-order valence-corrected chi connectivity index (χ0v) is 16.1. The lowest BCUT2D eigenvalue weighted by Crippen LogP contribution is -2.30. The summed E-state index contributed by atoms with van der Waals surface area (Å²) in [7, 11) is 0. The Morgan fingerprint density at radius 3 is 2.13 bits per heavy atom. The van der Waals surface area contributed by atoms with Gasteiger partial charge in [-0.05, 0) is 30.2 Å². The van der Waals surface area contributed by atoms with Crippen LogP contribution >= 0.6 is 0 Å². The topological polar surface area (TPSA) is 72.5 Å². The van der Waals surface area contributed by atoms with Gasteiger partial charge in [0.1, 0.15) is 5.82 Å². The molecule has 0 aliphatic carbocycles. The highest BCUT2D eigenvalue weighted by molar-refractivity contribution is 6.14. The number of carbonyl (C=O) groups excluding carboxylic acids is 3. The van der Waals surface area contributed by atoms with Crippen LogP contribution in [0.4, 0.5) is 4.39 Å². The third-order valence-electron chi connectivity index (χ3n) is 4.41. The van der Waals surface area contributed by atoms with Crippen LogP contribution in [-0.2, 0) is 16.0 Å². The van der Waals surface area contributed by atoms with Gasteiger partial charge in [0.05, 0.1) is 5.56 Å². The fraction of sp³-hybridized carbons (Fsp3) is 0.125. The zero-order chi connectivity index (χ0) is 21.3. The van der Waals surface area contributed by atoms with Crippen LogP contribution in [0, 0.1) is 5.82 Å². The van der Waals surface area contributed by atoms with E-state index in [0.717, 1.165) is 5.56 Å². The molecule has 6 heteroatoms. The number of hydrogen-bond acceptors (Lipinski definition) is 4. The summed E-state index contributed by atoms with van der Waals surface area (Å²) < 4.78 is 18.0. The summed E-state index contributed by atoms with van der Waals surface area (Å²) in [4.78, 5) is 37.1. The van der Waals surface area contributed by atoms with Crippen molar-refractivity contribution in [3.05, 3.63) is 107 Å². The summed E-state index contributed by atoms with van der Waals surface area (Å²) in [5, 5.41) is 2.64. The van der Waals surface area contributed by atoms with E-state index in [4.69, 9.17) is 4.74 Å². The molecule has 0 aromatic heterocycles. The summed E-state index contributed by atoms with van der Waals surface area (Å²) in [5.74, 6) is -1.83. The number of carbonyl (C=O) groups is 3. The van der Waals surface area contributed by atoms with Gasteiger partial charge < -0.3 is 10.1 Å². The molecule has 3 rings (SSSR count). The lowest BCUT2D eigenvalue weighted by atomic mass is 9.98. The van der Waals surface area contributed by atoms with Crippen molar-refractivity contribution in [1.82, 2.24) is 5.32 Å². The highest BCUT2D eigenvalue weighted by Crippen LogP contribution is 2.15. The Bertz CT molecular complexity index is 1030. The molecule has 0 spiro atoms. The maximum Gasteiger partial charge on any atom is 0.339 e. The normalized spacial score (nSPS) is 10.3. The number of halogens is 1. The molecular weight excluding hydrogens is 385 g/mol. The van der Waals surface area contributed by atoms with Gasteiger partial charge in [-0.25, -0.2) is 9.18 Å². The van der Waals surface area contributed by atoms with E-state index in [0.29, 0.717) is 18.5 Å². The van der Waals surface area contributed by atoms with Crippen molar-refractivity contribution in [2.75, 3.05) is 13.2 Å². The molecule has 152 valence electrons. The molecule has 0 unspecified atom stereocenters. The van der Waals surface area contributed by atoms with Crippen molar-refractivity contribution in [2.45, 2.75) is 6.42 Å². The molecule has 0 radical (unpaired) electrons. The van der Waals surface area contributed by atoms with Crippen molar-refractivity contribution in [2.24, 2.45) is 0 Å². The fourth-order valence-corrected chi connectivity index (χ4v) is 2.86. The van der Waals surface area contributed by atoms with Gasteiger partial charge >= 0.3 is 5.97 Å². The molecular formula is C24H20FNO4. The van der Waals surface area contributed by atoms with E-state index >= 15 is 0 Å². The Kier molecular flexibility index (Phi) is 7.05. The fourth-order valence-electron chi connectivity index (χ4n) is 2.86. The minimum Gasteiger partial charge on any atom is -0.452 e. The average molecular weight is 405 g/mol. The van der Waals surface area contributed by atoms with Gasteiger partial charge in [-0.3, -0.25) is 9.59 Å². The van der Waals surface area contributed by atoms with Crippen LogP contribution in [0.1, 0.15) is 31.8 Å². The first kappa shape index (κ1) is 20.9. The second-order valence-corrected chi connectivity index (χ2v) is 6.54. The molecule has 0 atom stereocenters. The van der Waals surface area contributed by atoms with Crippen molar-refractivity contribution < 1.29 is 23.5 Å². The van der Waals surface area contributed by atoms with Crippen LogP contribution in [0.15, 0.2) is 78.9 Å². The molecule has 30 heavy (non-hydrogen) atoms. The minimum atomic E-state index is -0.747. The Morgan fingerprint density at radius 1 is 0.800 bits per heavy atom. The molecule has 0 saturated heterocycles. The maximum absolute atomic E-state index is 12.9. The van der Waals surface area contributed by atoms with E-state index in [-0.39, 0.29) is 22.7 Å². The molecule has 0 fully saturated rings. The Morgan fingerprint density at radius 2 is 1.43 bits per heavy atom. The van der Waals surface area contributed by atoms with Crippen molar-refractivity contribution in [3.8, 4) is 0 Å². The molecule has 1 N–H and O–H groups in total. The first-order valence-corrected chi connectivity index (χ1v) is 9.41. The van der Waals surface area contributed by atoms with E-state index in [2.05, 4.69) is 5.32 Å². The first-order chi connectivity index (χ1) is 14.5. The third kappa shape index (κ3) is 5.61. The van der Waals surface area contributed by atoms with Crippen LogP contribution in [0.5, 0.6) is 0 Å². The molecule has 1 amide bonds. The van der Waals surface area contributed by atoms with Crippen molar-refractivity contribution in [1.29, 1.82) is 0 Å². The standard InChI is InChI=1S/C24H20FNO4/c25-19-12-10-17(11-13-19)14-15-26-22(27)16-30-24(29)21-9-5-4-8-20(21)23(28)18-6-2-1-3-7-18/h1-13H,14-16H2,(H,26,27). The van der Waals surface area contributed by atoms with Crippen LogP contribution in [0.3, 0.4) is 0 Å². The smallest absolute Gasteiger partial charge is 0.339 e. The number of ketones is 1. The molecule has 0 aliphatic heterocycles. The summed E-state index contributed by atoms with van der Waals surface area (Å²) >= 11 is 0. The van der Waals surface area contributed by atoms with Gasteiger partial charge in [-0.2, -0.15) is 0 Å². The predicted molar refractivity (Wildman–Crippen MR) is 110 cm³/mol. The van der Waals surface area contributed by atoms with Crippen LogP contribution in [0.2, 0.25) is 0 Å². The Balaban J connectivity index is 1.54. The number of ether oxygens (including phenoxy) is 1. The summed E-state index contributed by atoms with van der Waals surface area (Å²) in [6, 6.07) is 20.9. The molecule has 0 saturated carbocycles. The lowest BCUT2D eigenvalue weighted by molar-refractivity contribution is -0.124. The molecule has 0 bridgehead atoms. The highest BCUT2D eigenvalue weighted by Gasteiger charge is 2.19. The third-order valence-corrected chi connectivity index (χ3v) is 4.41. The first-order valence-electron chi connectivity index (χ1n) is 9.41. The zero-order valence-electron chi connectivity index (χ0n) is 16.1. The van der Waals surface area contributed by atoms with Gasteiger partial charge in [-0.15, -0.1) is 0 Å². The van der Waals surface area contributed by atoms with Gasteiger partial charge in [-0.1, -0.05) is 60.7 Å². The van der Waals surface area contributed by atoms with Crippen molar-refractivity contribution in [3.63, 3.8) is 0 Å². The van der Waals surface area contributed by atoms with Gasteiger partial charge in [0.15, 0.2) is 12.4 Å². The second-order valence-electron chi connectivity index (χ2n) is 6.54. The Labute approximate surface area is 173 Å².